The van der Waals surface area contributed by atoms with Crippen LogP contribution in [0.5, 0.6) is 11.5 Å². The third kappa shape index (κ3) is 3.84. The average molecular weight is 354 g/mol. The van der Waals surface area contributed by atoms with Crippen molar-refractivity contribution < 1.29 is 9.47 Å². The minimum atomic E-state index is 0.361. The van der Waals surface area contributed by atoms with Crippen LogP contribution in [0.4, 0.5) is 11.5 Å². The molecule has 4 rings (SSSR count). The first-order valence-electron chi connectivity index (χ1n) is 9.32. The molecule has 1 aromatic carbocycles. The van der Waals surface area contributed by atoms with Crippen LogP contribution < -0.4 is 19.7 Å². The minimum Gasteiger partial charge on any atom is -0.497 e. The Morgan fingerprint density at radius 3 is 2.54 bits per heavy atom. The zero-order valence-corrected chi connectivity index (χ0v) is 15.4. The van der Waals surface area contributed by atoms with Gasteiger partial charge in [-0.05, 0) is 31.7 Å². The Kier molecular flexibility index (Phi) is 4.82. The molecule has 138 valence electrons. The maximum Gasteiger partial charge on any atom is 0.133 e. The van der Waals surface area contributed by atoms with Gasteiger partial charge in [0.1, 0.15) is 23.1 Å². The number of piperidine rings is 1. The predicted octanol–water partition coefficient (Wildman–Crippen LogP) is 3.45. The topological polar surface area (TPSA) is 59.5 Å². The van der Waals surface area contributed by atoms with Crippen molar-refractivity contribution in [1.82, 2.24) is 9.97 Å². The molecule has 0 radical (unpaired) electrons. The van der Waals surface area contributed by atoms with E-state index in [1.165, 1.54) is 12.8 Å². The molecule has 1 aliphatic carbocycles. The molecule has 1 N–H and O–H groups in total. The first kappa shape index (κ1) is 16.9. The van der Waals surface area contributed by atoms with Gasteiger partial charge in [-0.2, -0.15) is 0 Å². The summed E-state index contributed by atoms with van der Waals surface area (Å²) in [6.45, 7) is 1.97. The van der Waals surface area contributed by atoms with E-state index in [-0.39, 0.29) is 0 Å². The number of nitrogens with zero attached hydrogens (tertiary/aromatic N) is 3. The summed E-state index contributed by atoms with van der Waals surface area (Å²) < 4.78 is 10.7. The fraction of sp³-hybridized carbons (Fsp3) is 0.500. The summed E-state index contributed by atoms with van der Waals surface area (Å²) in [5, 5.41) is 3.63. The van der Waals surface area contributed by atoms with E-state index in [0.717, 1.165) is 54.8 Å². The fourth-order valence-electron chi connectivity index (χ4n) is 3.51. The summed E-state index contributed by atoms with van der Waals surface area (Å²) in [5.74, 6) is 4.23. The van der Waals surface area contributed by atoms with Gasteiger partial charge < -0.3 is 19.7 Å². The number of aromatic nitrogens is 2. The van der Waals surface area contributed by atoms with Crippen LogP contribution in [0.2, 0.25) is 0 Å². The molecule has 1 unspecified atom stereocenters. The Morgan fingerprint density at radius 1 is 1.08 bits per heavy atom. The molecular weight excluding hydrogens is 328 g/mol. The normalized spacial score (nSPS) is 19.9. The van der Waals surface area contributed by atoms with Crippen molar-refractivity contribution in [3.05, 3.63) is 36.3 Å². The summed E-state index contributed by atoms with van der Waals surface area (Å²) in [5.41, 5.74) is 1.02. The molecule has 1 aromatic heterocycles. The maximum atomic E-state index is 5.37. The molecule has 26 heavy (non-hydrogen) atoms. The molecule has 1 atom stereocenters. The zero-order chi connectivity index (χ0) is 17.9. The summed E-state index contributed by atoms with van der Waals surface area (Å²) >= 11 is 0. The maximum absolute atomic E-state index is 5.37. The summed E-state index contributed by atoms with van der Waals surface area (Å²) in [6, 6.07) is 8.30. The summed E-state index contributed by atoms with van der Waals surface area (Å²) in [4.78, 5) is 11.6. The van der Waals surface area contributed by atoms with Crippen molar-refractivity contribution in [1.29, 1.82) is 0 Å². The minimum absolute atomic E-state index is 0.361. The number of anilines is 2. The van der Waals surface area contributed by atoms with Gasteiger partial charge in [-0.25, -0.2) is 9.97 Å². The Labute approximate surface area is 154 Å². The molecule has 1 aliphatic heterocycles. The highest BCUT2D eigenvalue weighted by molar-refractivity contribution is 5.55. The van der Waals surface area contributed by atoms with Crippen molar-refractivity contribution in [3.63, 3.8) is 0 Å². The lowest BCUT2D eigenvalue weighted by Crippen LogP contribution is -2.42. The lowest BCUT2D eigenvalue weighted by atomic mass is 10.1. The van der Waals surface area contributed by atoms with E-state index >= 15 is 0 Å². The van der Waals surface area contributed by atoms with E-state index in [1.807, 2.05) is 30.5 Å². The molecular formula is C20H26N4O2. The summed E-state index contributed by atoms with van der Waals surface area (Å²) in [7, 11) is 3.35. The van der Waals surface area contributed by atoms with Gasteiger partial charge in [0.05, 0.1) is 14.2 Å². The van der Waals surface area contributed by atoms with Gasteiger partial charge in [0.2, 0.25) is 0 Å². The van der Waals surface area contributed by atoms with Crippen molar-refractivity contribution in [2.24, 2.45) is 0 Å². The fourth-order valence-corrected chi connectivity index (χ4v) is 3.51. The number of nitrogens with one attached hydrogen (secondary N) is 1. The number of rotatable bonds is 6. The smallest absolute Gasteiger partial charge is 0.133 e. The average Bonchev–Trinajstić information content (AvgIpc) is 3.53. The second-order valence-electron chi connectivity index (χ2n) is 7.08. The van der Waals surface area contributed by atoms with Gasteiger partial charge in [-0.1, -0.05) is 0 Å². The predicted molar refractivity (Wildman–Crippen MR) is 102 cm³/mol. The number of hydrogen-bond acceptors (Lipinski definition) is 6. The van der Waals surface area contributed by atoms with E-state index in [9.17, 15) is 0 Å². The molecule has 0 bridgehead atoms. The Morgan fingerprint density at radius 2 is 1.85 bits per heavy atom. The SMILES string of the molecule is COc1cc(NC2CCCN(c3ccnc(C4CC4)n3)C2)cc(OC)c1. The van der Waals surface area contributed by atoms with Gasteiger partial charge in [-0.3, -0.25) is 0 Å². The van der Waals surface area contributed by atoms with Gasteiger partial charge in [0.25, 0.3) is 0 Å². The molecule has 0 amide bonds. The second kappa shape index (κ2) is 7.40. The van der Waals surface area contributed by atoms with E-state index < -0.39 is 0 Å². The van der Waals surface area contributed by atoms with Crippen LogP contribution in [0.25, 0.3) is 0 Å². The number of benzene rings is 1. The van der Waals surface area contributed by atoms with Crippen LogP contribution in [0.15, 0.2) is 30.5 Å². The number of methoxy groups -OCH3 is 2. The highest BCUT2D eigenvalue weighted by Gasteiger charge is 2.28. The third-order valence-electron chi connectivity index (χ3n) is 5.07. The van der Waals surface area contributed by atoms with E-state index in [1.54, 1.807) is 14.2 Å². The Bertz CT molecular complexity index is 741. The highest BCUT2D eigenvalue weighted by Crippen LogP contribution is 2.38. The van der Waals surface area contributed by atoms with Gasteiger partial charge in [0, 0.05) is 55.1 Å². The van der Waals surface area contributed by atoms with Crippen LogP contribution in [0, 0.1) is 0 Å². The molecule has 2 heterocycles. The molecule has 6 nitrogen and oxygen atoms in total. The first-order valence-corrected chi connectivity index (χ1v) is 9.32. The van der Waals surface area contributed by atoms with Crippen LogP contribution >= 0.6 is 0 Å². The highest BCUT2D eigenvalue weighted by atomic mass is 16.5. The molecule has 6 heteroatoms. The quantitative estimate of drug-likeness (QED) is 0.857. The van der Waals surface area contributed by atoms with Crippen molar-refractivity contribution >= 4 is 11.5 Å². The third-order valence-corrected chi connectivity index (χ3v) is 5.07. The zero-order valence-electron chi connectivity index (χ0n) is 15.4. The van der Waals surface area contributed by atoms with Gasteiger partial charge in [0.15, 0.2) is 0 Å². The van der Waals surface area contributed by atoms with E-state index in [4.69, 9.17) is 14.5 Å². The van der Waals surface area contributed by atoms with E-state index in [2.05, 4.69) is 15.2 Å². The molecule has 1 saturated carbocycles. The standard InChI is InChI=1S/C20H26N4O2/c1-25-17-10-16(11-18(12-17)26-2)22-15-4-3-9-24(13-15)19-7-8-21-20(23-19)14-5-6-14/h7-8,10-12,14-15,22H,3-6,9,13H2,1-2H3. The number of hydrogen-bond donors (Lipinski definition) is 1. The molecule has 0 spiro atoms. The van der Waals surface area contributed by atoms with Gasteiger partial charge >= 0.3 is 0 Å². The lowest BCUT2D eigenvalue weighted by molar-refractivity contribution is 0.394. The Hall–Kier alpha value is -2.50. The van der Waals surface area contributed by atoms with Crippen molar-refractivity contribution in [3.8, 4) is 11.5 Å². The number of ether oxygens (including phenoxy) is 2. The molecule has 2 aromatic rings. The summed E-state index contributed by atoms with van der Waals surface area (Å²) in [6.07, 6.45) is 6.63. The first-order chi connectivity index (χ1) is 12.7. The molecule has 1 saturated heterocycles. The van der Waals surface area contributed by atoms with Crippen LogP contribution in [0.3, 0.4) is 0 Å². The van der Waals surface area contributed by atoms with Crippen LogP contribution in [-0.2, 0) is 0 Å². The molecule has 2 aliphatic rings. The Balaban J connectivity index is 1.46. The molecule has 2 fully saturated rings. The van der Waals surface area contributed by atoms with Crippen molar-refractivity contribution in [2.45, 2.75) is 37.6 Å². The van der Waals surface area contributed by atoms with Crippen LogP contribution in [0.1, 0.15) is 37.4 Å². The van der Waals surface area contributed by atoms with Gasteiger partial charge in [-0.15, -0.1) is 0 Å². The van der Waals surface area contributed by atoms with Crippen molar-refractivity contribution in [2.75, 3.05) is 37.5 Å². The van der Waals surface area contributed by atoms with E-state index in [0.29, 0.717) is 12.0 Å². The largest absolute Gasteiger partial charge is 0.497 e. The second-order valence-corrected chi connectivity index (χ2v) is 7.08. The van der Waals surface area contributed by atoms with Crippen LogP contribution in [-0.4, -0.2) is 43.3 Å². The monoisotopic (exact) mass is 354 g/mol. The lowest BCUT2D eigenvalue weighted by Gasteiger charge is -2.34.